The van der Waals surface area contributed by atoms with Crippen molar-refractivity contribution in [3.63, 3.8) is 0 Å². The molecule has 0 N–H and O–H groups in total. The monoisotopic (exact) mass is 337 g/mol. The maximum absolute atomic E-state index is 13.0. The van der Waals surface area contributed by atoms with E-state index in [1.807, 2.05) is 4.90 Å². The quantitative estimate of drug-likeness (QED) is 0.845. The fourth-order valence-corrected chi connectivity index (χ4v) is 5.76. The Morgan fingerprint density at radius 1 is 1.04 bits per heavy atom. The van der Waals surface area contributed by atoms with Gasteiger partial charge in [0.1, 0.15) is 5.82 Å². The number of hydrogen-bond donors (Lipinski definition) is 0. The minimum absolute atomic E-state index is 0.00605. The van der Waals surface area contributed by atoms with Gasteiger partial charge < -0.3 is 4.90 Å². The van der Waals surface area contributed by atoms with Gasteiger partial charge in [-0.3, -0.25) is 4.79 Å². The Hall–Kier alpha value is -1.43. The van der Waals surface area contributed by atoms with Gasteiger partial charge in [-0.05, 0) is 48.3 Å². The zero-order chi connectivity index (χ0) is 16.2. The maximum atomic E-state index is 13.0. The van der Waals surface area contributed by atoms with Gasteiger partial charge in [-0.2, -0.15) is 0 Å². The standard InChI is InChI=1S/C17H20FNO3S/c18-14-3-1-11(2-4-14)15-5-6-16(15)17(20)19-7-12(8-19)13-9-23(21,22)10-13/h1-4,12-13,15-16H,5-10H2. The summed E-state index contributed by atoms with van der Waals surface area (Å²) in [5.41, 5.74) is 1.04. The number of carbonyl (C=O) groups excluding carboxylic acids is 1. The van der Waals surface area contributed by atoms with Crippen LogP contribution >= 0.6 is 0 Å². The smallest absolute Gasteiger partial charge is 0.226 e. The first-order valence-corrected chi connectivity index (χ1v) is 10.00. The summed E-state index contributed by atoms with van der Waals surface area (Å²) in [5, 5.41) is 0. The predicted molar refractivity (Wildman–Crippen MR) is 84.1 cm³/mol. The normalized spacial score (nSPS) is 30.2. The van der Waals surface area contributed by atoms with E-state index in [9.17, 15) is 17.6 Å². The number of likely N-dealkylation sites (tertiary alicyclic amines) is 1. The van der Waals surface area contributed by atoms with Gasteiger partial charge in [0.15, 0.2) is 9.84 Å². The van der Waals surface area contributed by atoms with E-state index in [-0.39, 0.29) is 29.5 Å². The van der Waals surface area contributed by atoms with E-state index in [0.29, 0.717) is 30.5 Å². The molecule has 0 aromatic heterocycles. The fourth-order valence-electron chi connectivity index (χ4n) is 4.01. The van der Waals surface area contributed by atoms with Crippen LogP contribution in [-0.2, 0) is 14.6 Å². The van der Waals surface area contributed by atoms with Gasteiger partial charge >= 0.3 is 0 Å². The van der Waals surface area contributed by atoms with Crippen LogP contribution in [-0.4, -0.2) is 43.8 Å². The van der Waals surface area contributed by atoms with Gasteiger partial charge in [-0.15, -0.1) is 0 Å². The highest BCUT2D eigenvalue weighted by Gasteiger charge is 2.48. The van der Waals surface area contributed by atoms with E-state index in [1.165, 1.54) is 12.1 Å². The first-order chi connectivity index (χ1) is 10.9. The lowest BCUT2D eigenvalue weighted by molar-refractivity contribution is -0.146. The number of sulfone groups is 1. The van der Waals surface area contributed by atoms with Gasteiger partial charge in [0.25, 0.3) is 0 Å². The van der Waals surface area contributed by atoms with Crippen LogP contribution in [0.4, 0.5) is 4.39 Å². The lowest BCUT2D eigenvalue weighted by Crippen LogP contribution is -2.59. The second-order valence-corrected chi connectivity index (χ2v) is 9.34. The minimum Gasteiger partial charge on any atom is -0.342 e. The van der Waals surface area contributed by atoms with Crippen LogP contribution in [0.5, 0.6) is 0 Å². The first-order valence-electron chi connectivity index (χ1n) is 8.17. The van der Waals surface area contributed by atoms with Crippen molar-refractivity contribution in [2.75, 3.05) is 24.6 Å². The fraction of sp³-hybridized carbons (Fsp3) is 0.588. The number of rotatable bonds is 3. The van der Waals surface area contributed by atoms with Crippen LogP contribution in [0.3, 0.4) is 0 Å². The SMILES string of the molecule is O=C(C1CCC1c1ccc(F)cc1)N1CC(C2CS(=O)(=O)C2)C1. The molecule has 2 heterocycles. The topological polar surface area (TPSA) is 54.5 Å². The molecule has 2 atom stereocenters. The summed E-state index contributed by atoms with van der Waals surface area (Å²) < 4.78 is 35.5. The molecule has 0 bridgehead atoms. The Morgan fingerprint density at radius 3 is 2.22 bits per heavy atom. The molecule has 2 aliphatic heterocycles. The zero-order valence-corrected chi connectivity index (χ0v) is 13.6. The van der Waals surface area contributed by atoms with E-state index in [0.717, 1.165) is 18.4 Å². The summed E-state index contributed by atoms with van der Waals surface area (Å²) >= 11 is 0. The van der Waals surface area contributed by atoms with Crippen molar-refractivity contribution in [1.29, 1.82) is 0 Å². The average Bonchev–Trinajstić information content (AvgIpc) is 2.36. The summed E-state index contributed by atoms with van der Waals surface area (Å²) in [5.74, 6) is 1.33. The van der Waals surface area contributed by atoms with Crippen molar-refractivity contribution in [2.24, 2.45) is 17.8 Å². The molecule has 23 heavy (non-hydrogen) atoms. The molecule has 1 amide bonds. The highest BCUT2D eigenvalue weighted by Crippen LogP contribution is 2.45. The summed E-state index contributed by atoms with van der Waals surface area (Å²) in [6.07, 6.45) is 1.86. The molecule has 4 rings (SSSR count). The van der Waals surface area contributed by atoms with Crippen LogP contribution < -0.4 is 0 Å². The van der Waals surface area contributed by atoms with Gasteiger partial charge in [-0.1, -0.05) is 12.1 Å². The second-order valence-electron chi connectivity index (χ2n) is 7.18. The molecule has 6 heteroatoms. The van der Waals surface area contributed by atoms with E-state index in [1.54, 1.807) is 12.1 Å². The zero-order valence-electron chi connectivity index (χ0n) is 12.8. The Kier molecular flexibility index (Phi) is 3.48. The molecule has 0 spiro atoms. The van der Waals surface area contributed by atoms with E-state index in [2.05, 4.69) is 0 Å². The van der Waals surface area contributed by atoms with Crippen LogP contribution in [0.25, 0.3) is 0 Å². The Balaban J connectivity index is 1.33. The Bertz CT molecular complexity index is 713. The van der Waals surface area contributed by atoms with Gasteiger partial charge in [-0.25, -0.2) is 12.8 Å². The number of nitrogens with zero attached hydrogens (tertiary/aromatic N) is 1. The number of halogens is 1. The summed E-state index contributed by atoms with van der Waals surface area (Å²) in [7, 11) is -2.78. The molecule has 1 aliphatic carbocycles. The number of amides is 1. The van der Waals surface area contributed by atoms with Gasteiger partial charge in [0.05, 0.1) is 11.5 Å². The van der Waals surface area contributed by atoms with E-state index in [4.69, 9.17) is 0 Å². The molecule has 1 aromatic carbocycles. The average molecular weight is 337 g/mol. The largest absolute Gasteiger partial charge is 0.342 e. The number of carbonyl (C=O) groups is 1. The lowest BCUT2D eigenvalue weighted by atomic mass is 9.68. The summed E-state index contributed by atoms with van der Waals surface area (Å²) in [6.45, 7) is 1.40. The lowest BCUT2D eigenvalue weighted by Gasteiger charge is -2.49. The molecular formula is C17H20FNO3S. The van der Waals surface area contributed by atoms with Crippen LogP contribution in [0.15, 0.2) is 24.3 Å². The second kappa shape index (κ2) is 5.30. The Labute approximate surface area is 135 Å². The molecular weight excluding hydrogens is 317 g/mol. The molecule has 3 aliphatic rings. The number of benzene rings is 1. The number of hydrogen-bond acceptors (Lipinski definition) is 3. The molecule has 4 nitrogen and oxygen atoms in total. The first kappa shape index (κ1) is 15.1. The van der Waals surface area contributed by atoms with Gasteiger partial charge in [0.2, 0.25) is 5.91 Å². The van der Waals surface area contributed by atoms with Crippen molar-refractivity contribution in [3.05, 3.63) is 35.6 Å². The third kappa shape index (κ3) is 2.67. The molecule has 2 unspecified atom stereocenters. The van der Waals surface area contributed by atoms with E-state index >= 15 is 0 Å². The summed E-state index contributed by atoms with van der Waals surface area (Å²) in [4.78, 5) is 14.5. The van der Waals surface area contributed by atoms with Gasteiger partial charge in [0, 0.05) is 19.0 Å². The minimum atomic E-state index is -2.78. The molecule has 2 saturated heterocycles. The predicted octanol–water partition coefficient (Wildman–Crippen LogP) is 1.82. The third-order valence-electron chi connectivity index (χ3n) is 5.71. The van der Waals surface area contributed by atoms with Crippen molar-refractivity contribution in [2.45, 2.75) is 18.8 Å². The van der Waals surface area contributed by atoms with E-state index < -0.39 is 9.84 Å². The van der Waals surface area contributed by atoms with Crippen molar-refractivity contribution < 1.29 is 17.6 Å². The molecule has 124 valence electrons. The van der Waals surface area contributed by atoms with Crippen LogP contribution in [0, 0.1) is 23.6 Å². The van der Waals surface area contributed by atoms with Crippen molar-refractivity contribution >= 4 is 15.7 Å². The Morgan fingerprint density at radius 2 is 1.70 bits per heavy atom. The highest BCUT2D eigenvalue weighted by atomic mass is 32.2. The van der Waals surface area contributed by atoms with Crippen molar-refractivity contribution in [3.8, 4) is 0 Å². The molecule has 0 radical (unpaired) electrons. The molecule has 3 fully saturated rings. The highest BCUT2D eigenvalue weighted by molar-refractivity contribution is 7.92. The molecule has 1 aromatic rings. The third-order valence-corrected chi connectivity index (χ3v) is 7.59. The molecule has 1 saturated carbocycles. The van der Waals surface area contributed by atoms with Crippen LogP contribution in [0.1, 0.15) is 24.3 Å². The van der Waals surface area contributed by atoms with Crippen molar-refractivity contribution in [1.82, 2.24) is 4.90 Å². The summed E-state index contributed by atoms with van der Waals surface area (Å²) in [6, 6.07) is 6.45. The van der Waals surface area contributed by atoms with Crippen LogP contribution in [0.2, 0.25) is 0 Å². The maximum Gasteiger partial charge on any atom is 0.226 e.